The smallest absolute Gasteiger partial charge is 0.274 e. The molecule has 7 heteroatoms. The Labute approximate surface area is 142 Å². The molecule has 0 atom stereocenters. The van der Waals surface area contributed by atoms with Crippen molar-refractivity contribution in [2.24, 2.45) is 0 Å². The van der Waals surface area contributed by atoms with Crippen molar-refractivity contribution in [1.29, 1.82) is 0 Å². The van der Waals surface area contributed by atoms with Crippen molar-refractivity contribution in [3.63, 3.8) is 0 Å². The number of likely N-dealkylation sites (N-methyl/N-ethyl adjacent to an activating group) is 1. The molecular weight excluding hydrogens is 306 g/mol. The van der Waals surface area contributed by atoms with E-state index in [1.807, 2.05) is 4.90 Å². The lowest BCUT2D eigenvalue weighted by Gasteiger charge is -2.34. The van der Waals surface area contributed by atoms with Gasteiger partial charge in [-0.25, -0.2) is 4.98 Å². The second-order valence-corrected chi connectivity index (χ2v) is 6.39. The third-order valence-corrected chi connectivity index (χ3v) is 4.77. The maximum Gasteiger partial charge on any atom is 0.274 e. The highest BCUT2D eigenvalue weighted by atomic mass is 16.2. The van der Waals surface area contributed by atoms with Crippen LogP contribution in [0.15, 0.2) is 18.6 Å². The number of carbonyl (C=O) groups is 2. The molecule has 2 aliphatic rings. The minimum Gasteiger partial charge on any atom is -0.340 e. The zero-order chi connectivity index (χ0) is 16.9. The molecule has 3 rings (SSSR count). The van der Waals surface area contributed by atoms with Gasteiger partial charge in [0.1, 0.15) is 5.69 Å². The first-order valence-electron chi connectivity index (χ1n) is 8.76. The molecule has 0 bridgehead atoms. The lowest BCUT2D eigenvalue weighted by molar-refractivity contribution is -0.133. The Balaban J connectivity index is 1.53. The van der Waals surface area contributed by atoms with Crippen LogP contribution in [0.1, 0.15) is 36.7 Å². The topological polar surface area (TPSA) is 69.6 Å². The second kappa shape index (κ2) is 7.70. The van der Waals surface area contributed by atoms with Crippen molar-refractivity contribution >= 4 is 11.8 Å². The summed E-state index contributed by atoms with van der Waals surface area (Å²) in [6, 6.07) is 0.254. The number of piperazine rings is 1. The van der Waals surface area contributed by atoms with Gasteiger partial charge >= 0.3 is 0 Å². The van der Waals surface area contributed by atoms with Gasteiger partial charge in [0.25, 0.3) is 5.91 Å². The van der Waals surface area contributed by atoms with Gasteiger partial charge in [0, 0.05) is 57.6 Å². The van der Waals surface area contributed by atoms with Crippen molar-refractivity contribution in [3.05, 3.63) is 24.3 Å². The molecule has 1 aliphatic carbocycles. The van der Waals surface area contributed by atoms with Crippen molar-refractivity contribution in [3.8, 4) is 0 Å². The Kier molecular flexibility index (Phi) is 5.40. The summed E-state index contributed by atoms with van der Waals surface area (Å²) in [5.41, 5.74) is 0.355. The molecule has 24 heavy (non-hydrogen) atoms. The fourth-order valence-corrected chi connectivity index (χ4v) is 3.08. The lowest BCUT2D eigenvalue weighted by Crippen LogP contribution is -2.49. The molecule has 2 heterocycles. The Hall–Kier alpha value is -2.02. The van der Waals surface area contributed by atoms with Gasteiger partial charge in [0.15, 0.2) is 0 Å². The number of hydrogen-bond donors (Lipinski definition) is 0. The molecule has 0 unspecified atom stereocenters. The molecule has 7 nitrogen and oxygen atoms in total. The van der Waals surface area contributed by atoms with Gasteiger partial charge < -0.3 is 14.7 Å². The van der Waals surface area contributed by atoms with Crippen LogP contribution >= 0.6 is 0 Å². The molecule has 2 amide bonds. The molecule has 1 saturated heterocycles. The predicted molar refractivity (Wildman–Crippen MR) is 89.4 cm³/mol. The minimum atomic E-state index is -0.116. The quantitative estimate of drug-likeness (QED) is 0.765. The fourth-order valence-electron chi connectivity index (χ4n) is 3.08. The van der Waals surface area contributed by atoms with Crippen LogP contribution < -0.4 is 0 Å². The molecule has 1 aromatic heterocycles. The first kappa shape index (κ1) is 16.8. The third-order valence-electron chi connectivity index (χ3n) is 4.77. The van der Waals surface area contributed by atoms with E-state index in [0.717, 1.165) is 45.6 Å². The standard InChI is InChI=1S/C17H25N5O2/c1-2-20-9-11-21(12-10-20)16(23)5-8-22(14-3-4-14)17(24)15-13-18-6-7-19-15/h6-7,13-14H,2-5,8-12H2,1H3. The van der Waals surface area contributed by atoms with Crippen molar-refractivity contribution < 1.29 is 9.59 Å². The van der Waals surface area contributed by atoms with Gasteiger partial charge in [-0.3, -0.25) is 14.6 Å². The van der Waals surface area contributed by atoms with E-state index in [1.54, 1.807) is 11.1 Å². The summed E-state index contributed by atoms with van der Waals surface area (Å²) in [6.45, 7) is 7.09. The number of aromatic nitrogens is 2. The molecule has 0 aromatic carbocycles. The fraction of sp³-hybridized carbons (Fsp3) is 0.647. The molecule has 0 spiro atoms. The molecule has 0 N–H and O–H groups in total. The number of nitrogens with zero attached hydrogens (tertiary/aromatic N) is 5. The third kappa shape index (κ3) is 4.08. The van der Waals surface area contributed by atoms with Crippen LogP contribution in [0.2, 0.25) is 0 Å². The molecule has 1 aliphatic heterocycles. The molecule has 0 radical (unpaired) electrons. The van der Waals surface area contributed by atoms with Gasteiger partial charge in [-0.05, 0) is 19.4 Å². The van der Waals surface area contributed by atoms with Gasteiger partial charge in [0.2, 0.25) is 5.91 Å². The van der Waals surface area contributed by atoms with Crippen LogP contribution in [0.4, 0.5) is 0 Å². The summed E-state index contributed by atoms with van der Waals surface area (Å²) in [7, 11) is 0. The monoisotopic (exact) mass is 331 g/mol. The van der Waals surface area contributed by atoms with E-state index < -0.39 is 0 Å². The van der Waals surface area contributed by atoms with Gasteiger partial charge in [-0.1, -0.05) is 6.92 Å². The Morgan fingerprint density at radius 2 is 1.96 bits per heavy atom. The van der Waals surface area contributed by atoms with Crippen LogP contribution in [-0.4, -0.2) is 81.8 Å². The molecule has 2 fully saturated rings. The highest BCUT2D eigenvalue weighted by molar-refractivity contribution is 5.92. The van der Waals surface area contributed by atoms with Gasteiger partial charge in [0.05, 0.1) is 6.20 Å². The van der Waals surface area contributed by atoms with Crippen LogP contribution in [0.25, 0.3) is 0 Å². The summed E-state index contributed by atoms with van der Waals surface area (Å²) in [5, 5.41) is 0. The highest BCUT2D eigenvalue weighted by Crippen LogP contribution is 2.28. The van der Waals surface area contributed by atoms with Crippen LogP contribution in [0.3, 0.4) is 0 Å². The first-order chi connectivity index (χ1) is 11.7. The van der Waals surface area contributed by atoms with Crippen LogP contribution in [0, 0.1) is 0 Å². The Morgan fingerprint density at radius 1 is 1.21 bits per heavy atom. The Bertz CT molecular complexity index is 568. The zero-order valence-electron chi connectivity index (χ0n) is 14.2. The average molecular weight is 331 g/mol. The van der Waals surface area contributed by atoms with Crippen molar-refractivity contribution in [2.45, 2.75) is 32.2 Å². The lowest BCUT2D eigenvalue weighted by atomic mass is 10.2. The Morgan fingerprint density at radius 3 is 2.54 bits per heavy atom. The highest BCUT2D eigenvalue weighted by Gasteiger charge is 2.34. The SMILES string of the molecule is CCN1CCN(C(=O)CCN(C(=O)c2cnccn2)C2CC2)CC1. The van der Waals surface area contributed by atoms with E-state index in [1.165, 1.54) is 12.4 Å². The maximum atomic E-state index is 12.6. The predicted octanol–water partition coefficient (Wildman–Crippen LogP) is 0.635. The largest absolute Gasteiger partial charge is 0.340 e. The number of rotatable bonds is 6. The zero-order valence-corrected chi connectivity index (χ0v) is 14.2. The van der Waals surface area contributed by atoms with Crippen molar-refractivity contribution in [2.75, 3.05) is 39.3 Å². The summed E-state index contributed by atoms with van der Waals surface area (Å²) >= 11 is 0. The first-order valence-corrected chi connectivity index (χ1v) is 8.76. The second-order valence-electron chi connectivity index (χ2n) is 6.39. The molecular formula is C17H25N5O2. The number of hydrogen-bond acceptors (Lipinski definition) is 5. The maximum absolute atomic E-state index is 12.6. The number of carbonyl (C=O) groups excluding carboxylic acids is 2. The molecule has 1 saturated carbocycles. The number of amides is 2. The van der Waals surface area contributed by atoms with E-state index in [-0.39, 0.29) is 17.9 Å². The summed E-state index contributed by atoms with van der Waals surface area (Å²) in [6.07, 6.45) is 6.97. The molecule has 130 valence electrons. The van der Waals surface area contributed by atoms with Gasteiger partial charge in [-0.15, -0.1) is 0 Å². The van der Waals surface area contributed by atoms with E-state index in [4.69, 9.17) is 0 Å². The minimum absolute atomic E-state index is 0.116. The van der Waals surface area contributed by atoms with Gasteiger partial charge in [-0.2, -0.15) is 0 Å². The van der Waals surface area contributed by atoms with E-state index in [0.29, 0.717) is 18.7 Å². The summed E-state index contributed by atoms with van der Waals surface area (Å²) in [4.78, 5) is 39.1. The summed E-state index contributed by atoms with van der Waals surface area (Å²) < 4.78 is 0. The normalized spacial score (nSPS) is 18.5. The average Bonchev–Trinajstić information content (AvgIpc) is 3.47. The van der Waals surface area contributed by atoms with Crippen LogP contribution in [0.5, 0.6) is 0 Å². The van der Waals surface area contributed by atoms with Crippen LogP contribution in [-0.2, 0) is 4.79 Å². The van der Waals surface area contributed by atoms with E-state index in [9.17, 15) is 9.59 Å². The summed E-state index contributed by atoms with van der Waals surface area (Å²) in [5.74, 6) is 0.0255. The molecule has 1 aromatic rings. The van der Waals surface area contributed by atoms with E-state index >= 15 is 0 Å². The van der Waals surface area contributed by atoms with E-state index in [2.05, 4.69) is 21.8 Å². The van der Waals surface area contributed by atoms with Crippen molar-refractivity contribution in [1.82, 2.24) is 24.7 Å².